The van der Waals surface area contributed by atoms with Crippen molar-refractivity contribution in [2.45, 2.75) is 31.1 Å². The summed E-state index contributed by atoms with van der Waals surface area (Å²) in [5.41, 5.74) is -0.506. The SMILES string of the molecule is O=C(NCC1CCC(Cl)CC1)c1c(F)cccc1F. The summed E-state index contributed by atoms with van der Waals surface area (Å²) in [4.78, 5) is 11.8. The van der Waals surface area contributed by atoms with Crippen LogP contribution in [-0.2, 0) is 0 Å². The van der Waals surface area contributed by atoms with Gasteiger partial charge in [0.2, 0.25) is 0 Å². The van der Waals surface area contributed by atoms with E-state index in [1.165, 1.54) is 6.07 Å². The van der Waals surface area contributed by atoms with Gasteiger partial charge < -0.3 is 5.32 Å². The second-order valence-electron chi connectivity index (χ2n) is 4.92. The van der Waals surface area contributed by atoms with Gasteiger partial charge in [0.05, 0.1) is 0 Å². The van der Waals surface area contributed by atoms with Gasteiger partial charge in [-0.15, -0.1) is 11.6 Å². The summed E-state index contributed by atoms with van der Waals surface area (Å²) in [7, 11) is 0. The second-order valence-corrected chi connectivity index (χ2v) is 5.54. The van der Waals surface area contributed by atoms with Crippen LogP contribution in [0, 0.1) is 17.6 Å². The molecule has 1 saturated carbocycles. The van der Waals surface area contributed by atoms with E-state index >= 15 is 0 Å². The summed E-state index contributed by atoms with van der Waals surface area (Å²) in [6, 6.07) is 3.40. The van der Waals surface area contributed by atoms with Crippen LogP contribution in [0.15, 0.2) is 18.2 Å². The molecule has 104 valence electrons. The normalized spacial score (nSPS) is 23.1. The average Bonchev–Trinajstić information content (AvgIpc) is 2.38. The van der Waals surface area contributed by atoms with Crippen molar-refractivity contribution < 1.29 is 13.6 Å². The maximum absolute atomic E-state index is 13.4. The van der Waals surface area contributed by atoms with Crippen molar-refractivity contribution in [3.05, 3.63) is 35.4 Å². The lowest BCUT2D eigenvalue weighted by Gasteiger charge is -2.25. The molecule has 0 spiro atoms. The van der Waals surface area contributed by atoms with Gasteiger partial charge in [-0.3, -0.25) is 4.79 Å². The van der Waals surface area contributed by atoms with E-state index in [4.69, 9.17) is 11.6 Å². The van der Waals surface area contributed by atoms with Crippen LogP contribution in [0.25, 0.3) is 0 Å². The minimum absolute atomic E-state index is 0.218. The van der Waals surface area contributed by atoms with Crippen LogP contribution in [0.2, 0.25) is 0 Å². The third-order valence-electron chi connectivity index (χ3n) is 3.52. The molecule has 1 aliphatic rings. The summed E-state index contributed by atoms with van der Waals surface area (Å²) < 4.78 is 26.8. The zero-order valence-corrected chi connectivity index (χ0v) is 11.2. The summed E-state index contributed by atoms with van der Waals surface area (Å²) in [5, 5.41) is 2.82. The molecule has 0 atom stereocenters. The van der Waals surface area contributed by atoms with Crippen LogP contribution in [-0.4, -0.2) is 17.8 Å². The topological polar surface area (TPSA) is 29.1 Å². The first-order valence-corrected chi connectivity index (χ1v) is 6.88. The molecule has 0 aliphatic heterocycles. The van der Waals surface area contributed by atoms with Crippen molar-refractivity contribution in [2.24, 2.45) is 5.92 Å². The van der Waals surface area contributed by atoms with Crippen molar-refractivity contribution >= 4 is 17.5 Å². The Hall–Kier alpha value is -1.16. The lowest BCUT2D eigenvalue weighted by Crippen LogP contribution is -2.32. The van der Waals surface area contributed by atoms with E-state index in [1.54, 1.807) is 0 Å². The van der Waals surface area contributed by atoms with E-state index in [1.807, 2.05) is 0 Å². The Morgan fingerprint density at radius 2 is 1.79 bits per heavy atom. The molecule has 1 aromatic carbocycles. The Morgan fingerprint density at radius 1 is 1.21 bits per heavy atom. The van der Waals surface area contributed by atoms with Crippen molar-refractivity contribution in [1.82, 2.24) is 5.32 Å². The minimum atomic E-state index is -0.832. The largest absolute Gasteiger partial charge is 0.352 e. The summed E-state index contributed by atoms with van der Waals surface area (Å²) in [6.45, 7) is 0.441. The quantitative estimate of drug-likeness (QED) is 0.847. The van der Waals surface area contributed by atoms with Crippen LogP contribution in [0.3, 0.4) is 0 Å². The monoisotopic (exact) mass is 287 g/mol. The molecular weight excluding hydrogens is 272 g/mol. The van der Waals surface area contributed by atoms with Crippen molar-refractivity contribution in [1.29, 1.82) is 0 Å². The van der Waals surface area contributed by atoms with E-state index < -0.39 is 23.1 Å². The molecule has 1 amide bonds. The number of benzene rings is 1. The average molecular weight is 288 g/mol. The zero-order chi connectivity index (χ0) is 13.8. The number of rotatable bonds is 3. The third-order valence-corrected chi connectivity index (χ3v) is 3.95. The predicted octanol–water partition coefficient (Wildman–Crippen LogP) is 3.49. The number of nitrogens with one attached hydrogen (secondary N) is 1. The molecule has 1 aromatic rings. The Balaban J connectivity index is 1.91. The fourth-order valence-corrected chi connectivity index (χ4v) is 2.62. The zero-order valence-electron chi connectivity index (χ0n) is 10.5. The fraction of sp³-hybridized carbons (Fsp3) is 0.500. The first kappa shape index (κ1) is 14.3. The van der Waals surface area contributed by atoms with E-state index in [2.05, 4.69) is 5.32 Å². The lowest BCUT2D eigenvalue weighted by molar-refractivity contribution is 0.0935. The van der Waals surface area contributed by atoms with Gasteiger partial charge in [-0.25, -0.2) is 8.78 Å². The third kappa shape index (κ3) is 3.66. The molecule has 0 radical (unpaired) electrons. The molecule has 2 rings (SSSR count). The molecule has 1 N–H and O–H groups in total. The molecule has 0 bridgehead atoms. The summed E-state index contributed by atoms with van der Waals surface area (Å²) in [6.07, 6.45) is 3.73. The summed E-state index contributed by atoms with van der Waals surface area (Å²) in [5.74, 6) is -2.01. The van der Waals surface area contributed by atoms with Gasteiger partial charge in [-0.1, -0.05) is 6.07 Å². The van der Waals surface area contributed by atoms with Gasteiger partial charge in [0.25, 0.3) is 5.91 Å². The van der Waals surface area contributed by atoms with Crippen molar-refractivity contribution in [3.63, 3.8) is 0 Å². The first-order valence-electron chi connectivity index (χ1n) is 6.44. The molecule has 0 saturated heterocycles. The van der Waals surface area contributed by atoms with Gasteiger partial charge in [0.1, 0.15) is 17.2 Å². The number of halogens is 3. The van der Waals surface area contributed by atoms with Gasteiger partial charge >= 0.3 is 0 Å². The van der Waals surface area contributed by atoms with Crippen LogP contribution in [0.4, 0.5) is 8.78 Å². The van der Waals surface area contributed by atoms with E-state index in [0.717, 1.165) is 37.8 Å². The molecule has 0 heterocycles. The molecule has 19 heavy (non-hydrogen) atoms. The van der Waals surface area contributed by atoms with E-state index in [-0.39, 0.29) is 5.38 Å². The lowest BCUT2D eigenvalue weighted by atomic mass is 9.89. The van der Waals surface area contributed by atoms with Gasteiger partial charge in [0, 0.05) is 11.9 Å². The molecule has 1 fully saturated rings. The molecule has 0 aromatic heterocycles. The van der Waals surface area contributed by atoms with Crippen LogP contribution >= 0.6 is 11.6 Å². The maximum Gasteiger partial charge on any atom is 0.257 e. The fourth-order valence-electron chi connectivity index (χ4n) is 2.37. The van der Waals surface area contributed by atoms with E-state index in [0.29, 0.717) is 12.5 Å². The highest BCUT2D eigenvalue weighted by atomic mass is 35.5. The Labute approximate surface area is 116 Å². The standard InChI is InChI=1S/C14H16ClF2NO/c15-10-6-4-9(5-7-10)8-18-14(19)13-11(16)2-1-3-12(13)17/h1-3,9-10H,4-8H2,(H,18,19). The number of carbonyl (C=O) groups excluding carboxylic acids is 1. The number of amides is 1. The minimum Gasteiger partial charge on any atom is -0.352 e. The highest BCUT2D eigenvalue weighted by molar-refractivity contribution is 6.20. The predicted molar refractivity (Wildman–Crippen MR) is 70.3 cm³/mol. The highest BCUT2D eigenvalue weighted by Crippen LogP contribution is 2.27. The van der Waals surface area contributed by atoms with Crippen LogP contribution in [0.1, 0.15) is 36.0 Å². The van der Waals surface area contributed by atoms with Crippen LogP contribution < -0.4 is 5.32 Å². The number of hydrogen-bond donors (Lipinski definition) is 1. The van der Waals surface area contributed by atoms with Crippen molar-refractivity contribution in [2.75, 3.05) is 6.54 Å². The Kier molecular flexibility index (Phi) is 4.75. The second kappa shape index (κ2) is 6.33. The van der Waals surface area contributed by atoms with Gasteiger partial charge in [-0.2, -0.15) is 0 Å². The number of alkyl halides is 1. The molecule has 5 heteroatoms. The van der Waals surface area contributed by atoms with Crippen molar-refractivity contribution in [3.8, 4) is 0 Å². The van der Waals surface area contributed by atoms with Crippen LogP contribution in [0.5, 0.6) is 0 Å². The van der Waals surface area contributed by atoms with Gasteiger partial charge in [-0.05, 0) is 43.7 Å². The molecule has 2 nitrogen and oxygen atoms in total. The highest BCUT2D eigenvalue weighted by Gasteiger charge is 2.22. The maximum atomic E-state index is 13.4. The molecule has 1 aliphatic carbocycles. The number of carbonyl (C=O) groups is 1. The Morgan fingerprint density at radius 3 is 2.37 bits per heavy atom. The first-order chi connectivity index (χ1) is 9.08. The summed E-state index contributed by atoms with van der Waals surface area (Å²) >= 11 is 6.00. The Bertz CT molecular complexity index is 439. The van der Waals surface area contributed by atoms with Gasteiger partial charge in [0.15, 0.2) is 0 Å². The smallest absolute Gasteiger partial charge is 0.257 e. The number of hydrogen-bond acceptors (Lipinski definition) is 1. The van der Waals surface area contributed by atoms with E-state index in [9.17, 15) is 13.6 Å². The molecular formula is C14H16ClF2NO. The molecule has 0 unspecified atom stereocenters.